The van der Waals surface area contributed by atoms with Crippen LogP contribution in [0.5, 0.6) is 5.75 Å². The Morgan fingerprint density at radius 2 is 2.14 bits per heavy atom. The highest BCUT2D eigenvalue weighted by Crippen LogP contribution is 2.30. The lowest BCUT2D eigenvalue weighted by Crippen LogP contribution is -2.12. The fourth-order valence-corrected chi connectivity index (χ4v) is 1.63. The summed E-state index contributed by atoms with van der Waals surface area (Å²) in [5.41, 5.74) is 7.41. The summed E-state index contributed by atoms with van der Waals surface area (Å²) in [7, 11) is 0. The third kappa shape index (κ3) is 2.47. The fourth-order valence-electron chi connectivity index (χ4n) is 1.27. The van der Waals surface area contributed by atoms with Crippen LogP contribution in [-0.2, 0) is 0 Å². The van der Waals surface area contributed by atoms with E-state index in [1.165, 1.54) is 0 Å². The highest BCUT2D eigenvalue weighted by molar-refractivity contribution is 9.10. The zero-order valence-electron chi connectivity index (χ0n) is 8.00. The average Bonchev–Trinajstić information content (AvgIpc) is 2.11. The molecule has 0 unspecified atom stereocenters. The van der Waals surface area contributed by atoms with E-state index in [-0.39, 0.29) is 18.4 Å². The van der Waals surface area contributed by atoms with E-state index in [1.807, 2.05) is 6.92 Å². The molecule has 4 heteroatoms. The van der Waals surface area contributed by atoms with Crippen molar-refractivity contribution in [3.63, 3.8) is 0 Å². The normalized spacial score (nSPS) is 12.9. The maximum Gasteiger partial charge on any atom is 0.120 e. The number of rotatable bonds is 3. The van der Waals surface area contributed by atoms with Crippen molar-refractivity contribution in [2.75, 3.05) is 6.61 Å². The summed E-state index contributed by atoms with van der Waals surface area (Å²) in [6.07, 6.45) is 0.447. The van der Waals surface area contributed by atoms with Crippen LogP contribution in [0, 0.1) is 6.92 Å². The minimum absolute atomic E-state index is 0.0199. The summed E-state index contributed by atoms with van der Waals surface area (Å²) in [6, 6.07) is 3.14. The zero-order valence-corrected chi connectivity index (χ0v) is 9.58. The van der Waals surface area contributed by atoms with Crippen molar-refractivity contribution in [3.8, 4) is 5.75 Å². The fraction of sp³-hybridized carbons (Fsp3) is 0.400. The number of hydrogen-bond acceptors (Lipinski definition) is 3. The number of phenolic OH excluding ortho intramolecular Hbond substituents is 1. The Balaban J connectivity index is 3.02. The van der Waals surface area contributed by atoms with Crippen molar-refractivity contribution in [2.24, 2.45) is 5.73 Å². The molecule has 0 saturated heterocycles. The molecule has 0 aliphatic heterocycles. The molecule has 0 aliphatic carbocycles. The van der Waals surface area contributed by atoms with E-state index in [9.17, 15) is 5.11 Å². The molecule has 78 valence electrons. The van der Waals surface area contributed by atoms with Gasteiger partial charge in [0, 0.05) is 22.7 Å². The predicted octanol–water partition coefficient (Wildman–Crippen LogP) is 1.85. The van der Waals surface area contributed by atoms with Crippen molar-refractivity contribution < 1.29 is 10.2 Å². The Morgan fingerprint density at radius 1 is 1.50 bits per heavy atom. The smallest absolute Gasteiger partial charge is 0.120 e. The van der Waals surface area contributed by atoms with Gasteiger partial charge in [-0.1, -0.05) is 15.9 Å². The van der Waals surface area contributed by atoms with Gasteiger partial charge in [0.15, 0.2) is 0 Å². The molecular formula is C10H14BrNO2. The van der Waals surface area contributed by atoms with E-state index >= 15 is 0 Å². The quantitative estimate of drug-likeness (QED) is 0.776. The molecule has 0 aliphatic rings. The number of aryl methyl sites for hydroxylation is 1. The van der Waals surface area contributed by atoms with Crippen molar-refractivity contribution in [1.29, 1.82) is 0 Å². The lowest BCUT2D eigenvalue weighted by molar-refractivity contribution is 0.275. The molecule has 0 radical (unpaired) electrons. The molecule has 4 N–H and O–H groups in total. The summed E-state index contributed by atoms with van der Waals surface area (Å²) in [4.78, 5) is 0. The van der Waals surface area contributed by atoms with Crippen LogP contribution in [0.3, 0.4) is 0 Å². The highest BCUT2D eigenvalue weighted by Gasteiger charge is 2.12. The largest absolute Gasteiger partial charge is 0.508 e. The van der Waals surface area contributed by atoms with E-state index in [2.05, 4.69) is 15.9 Å². The third-order valence-corrected chi connectivity index (χ3v) is 3.00. The molecule has 1 aromatic carbocycles. The summed E-state index contributed by atoms with van der Waals surface area (Å²) in [5, 5.41) is 18.4. The maximum absolute atomic E-state index is 9.63. The van der Waals surface area contributed by atoms with Gasteiger partial charge in [-0.25, -0.2) is 0 Å². The molecule has 0 fully saturated rings. The molecule has 0 bridgehead atoms. The summed E-state index contributed by atoms with van der Waals surface area (Å²) in [5.74, 6) is 0.187. The van der Waals surface area contributed by atoms with E-state index in [1.54, 1.807) is 12.1 Å². The molecule has 1 rings (SSSR count). The Bertz CT molecular complexity index is 328. The second-order valence-electron chi connectivity index (χ2n) is 3.28. The molecule has 3 nitrogen and oxygen atoms in total. The zero-order chi connectivity index (χ0) is 10.7. The number of hydrogen-bond donors (Lipinski definition) is 3. The molecule has 0 saturated carbocycles. The number of aromatic hydroxyl groups is 1. The lowest BCUT2D eigenvalue weighted by atomic mass is 10.0. The lowest BCUT2D eigenvalue weighted by Gasteiger charge is -2.13. The van der Waals surface area contributed by atoms with E-state index < -0.39 is 0 Å². The van der Waals surface area contributed by atoms with Crippen LogP contribution in [0.4, 0.5) is 0 Å². The second-order valence-corrected chi connectivity index (χ2v) is 4.13. The van der Waals surface area contributed by atoms with Gasteiger partial charge in [-0.15, -0.1) is 0 Å². The first-order valence-electron chi connectivity index (χ1n) is 4.41. The van der Waals surface area contributed by atoms with Gasteiger partial charge < -0.3 is 15.9 Å². The Hall–Kier alpha value is -0.580. The molecule has 0 heterocycles. The molecular weight excluding hydrogens is 246 g/mol. The summed E-state index contributed by atoms with van der Waals surface area (Å²) in [6.45, 7) is 1.91. The third-order valence-electron chi connectivity index (χ3n) is 2.15. The topological polar surface area (TPSA) is 66.5 Å². The van der Waals surface area contributed by atoms with Crippen LogP contribution < -0.4 is 5.73 Å². The number of benzene rings is 1. The molecule has 0 aromatic heterocycles. The van der Waals surface area contributed by atoms with Crippen LogP contribution >= 0.6 is 15.9 Å². The standard InChI is InChI=1S/C10H14BrNO2/c1-6-4-10(14)7(5-8(6)11)9(12)2-3-13/h4-5,9,13-14H,2-3,12H2,1H3/t9-/m0/s1. The summed E-state index contributed by atoms with van der Waals surface area (Å²) < 4.78 is 0.915. The monoisotopic (exact) mass is 259 g/mol. The molecule has 14 heavy (non-hydrogen) atoms. The first-order chi connectivity index (χ1) is 6.56. The highest BCUT2D eigenvalue weighted by atomic mass is 79.9. The summed E-state index contributed by atoms with van der Waals surface area (Å²) >= 11 is 3.37. The van der Waals surface area contributed by atoms with E-state index in [4.69, 9.17) is 10.8 Å². The maximum atomic E-state index is 9.63. The van der Waals surface area contributed by atoms with Gasteiger partial charge in [-0.3, -0.25) is 0 Å². The van der Waals surface area contributed by atoms with Gasteiger partial charge in [0.2, 0.25) is 0 Å². The van der Waals surface area contributed by atoms with Crippen LogP contribution in [-0.4, -0.2) is 16.8 Å². The van der Waals surface area contributed by atoms with Crippen molar-refractivity contribution in [2.45, 2.75) is 19.4 Å². The van der Waals surface area contributed by atoms with Gasteiger partial charge in [-0.2, -0.15) is 0 Å². The SMILES string of the molecule is Cc1cc(O)c([C@@H](N)CCO)cc1Br. The molecule has 1 aromatic rings. The first kappa shape index (κ1) is 11.5. The van der Waals surface area contributed by atoms with Crippen LogP contribution in [0.1, 0.15) is 23.6 Å². The van der Waals surface area contributed by atoms with Crippen LogP contribution in [0.15, 0.2) is 16.6 Å². The second kappa shape index (κ2) is 4.77. The van der Waals surface area contributed by atoms with Gasteiger partial charge >= 0.3 is 0 Å². The van der Waals surface area contributed by atoms with Crippen LogP contribution in [0.25, 0.3) is 0 Å². The van der Waals surface area contributed by atoms with Crippen molar-refractivity contribution in [1.82, 2.24) is 0 Å². The van der Waals surface area contributed by atoms with Gasteiger partial charge in [0.1, 0.15) is 5.75 Å². The minimum atomic E-state index is -0.322. The van der Waals surface area contributed by atoms with Gasteiger partial charge in [0.05, 0.1) is 0 Å². The van der Waals surface area contributed by atoms with Crippen LogP contribution in [0.2, 0.25) is 0 Å². The number of aliphatic hydroxyl groups is 1. The molecule has 1 atom stereocenters. The van der Waals surface area contributed by atoms with Gasteiger partial charge in [-0.05, 0) is 31.0 Å². The number of halogens is 1. The molecule has 0 amide bonds. The van der Waals surface area contributed by atoms with Gasteiger partial charge in [0.25, 0.3) is 0 Å². The van der Waals surface area contributed by atoms with Crippen molar-refractivity contribution >= 4 is 15.9 Å². The number of nitrogens with two attached hydrogens (primary N) is 1. The van der Waals surface area contributed by atoms with E-state index in [0.717, 1.165) is 10.0 Å². The Kier molecular flexibility index (Phi) is 3.92. The Labute approximate surface area is 91.7 Å². The predicted molar refractivity (Wildman–Crippen MR) is 59.2 cm³/mol. The number of aliphatic hydroxyl groups excluding tert-OH is 1. The number of phenols is 1. The first-order valence-corrected chi connectivity index (χ1v) is 5.21. The van der Waals surface area contributed by atoms with Crippen molar-refractivity contribution in [3.05, 3.63) is 27.7 Å². The average molecular weight is 260 g/mol. The minimum Gasteiger partial charge on any atom is -0.508 e. The molecule has 0 spiro atoms. The Morgan fingerprint density at radius 3 is 2.71 bits per heavy atom. The van der Waals surface area contributed by atoms with E-state index in [0.29, 0.717) is 12.0 Å².